The van der Waals surface area contributed by atoms with E-state index < -0.39 is 0 Å². The van der Waals surface area contributed by atoms with Gasteiger partial charge < -0.3 is 9.64 Å². The number of anilines is 1. The quantitative estimate of drug-likeness (QED) is 0.679. The normalized spacial score (nSPS) is 15.4. The summed E-state index contributed by atoms with van der Waals surface area (Å²) in [7, 11) is 0. The molecule has 1 saturated heterocycles. The van der Waals surface area contributed by atoms with E-state index in [2.05, 4.69) is 20.0 Å². The smallest absolute Gasteiger partial charge is 0.256 e. The van der Waals surface area contributed by atoms with Gasteiger partial charge in [-0.05, 0) is 0 Å². The van der Waals surface area contributed by atoms with E-state index in [0.717, 1.165) is 24.5 Å². The molecule has 0 aliphatic carbocycles. The number of hydrogen-bond donors (Lipinski definition) is 0. The van der Waals surface area contributed by atoms with Gasteiger partial charge >= 0.3 is 0 Å². The lowest BCUT2D eigenvalue weighted by Gasteiger charge is -2.28. The molecule has 0 spiro atoms. The van der Waals surface area contributed by atoms with Crippen LogP contribution in [0.25, 0.3) is 17.2 Å². The van der Waals surface area contributed by atoms with Crippen molar-refractivity contribution in [2.45, 2.75) is 0 Å². The molecule has 0 radical (unpaired) electrons. The summed E-state index contributed by atoms with van der Waals surface area (Å²) >= 11 is 6.15. The molecule has 2 aromatic heterocycles. The van der Waals surface area contributed by atoms with E-state index in [9.17, 15) is 0 Å². The second kappa shape index (κ2) is 5.55. The van der Waals surface area contributed by atoms with E-state index in [1.54, 1.807) is 4.52 Å². The van der Waals surface area contributed by atoms with Gasteiger partial charge in [0.1, 0.15) is 11.0 Å². The summed E-state index contributed by atoms with van der Waals surface area (Å²) in [5, 5.41) is 5.02. The highest BCUT2D eigenvalue weighted by molar-refractivity contribution is 6.29. The van der Waals surface area contributed by atoms with Crippen LogP contribution in [-0.4, -0.2) is 45.9 Å². The molecule has 1 aliphatic rings. The summed E-state index contributed by atoms with van der Waals surface area (Å²) in [6.07, 6.45) is 0. The zero-order valence-electron chi connectivity index (χ0n) is 11.8. The Balaban J connectivity index is 1.84. The second-order valence-corrected chi connectivity index (χ2v) is 5.44. The van der Waals surface area contributed by atoms with Crippen molar-refractivity contribution in [3.63, 3.8) is 0 Å². The van der Waals surface area contributed by atoms with E-state index in [-0.39, 0.29) is 0 Å². The van der Waals surface area contributed by atoms with Crippen LogP contribution in [0.5, 0.6) is 0 Å². The van der Waals surface area contributed by atoms with Gasteiger partial charge in [-0.3, -0.25) is 0 Å². The summed E-state index contributed by atoms with van der Waals surface area (Å²) in [5.41, 5.74) is 0.956. The van der Waals surface area contributed by atoms with Gasteiger partial charge in [-0.1, -0.05) is 41.9 Å². The highest BCUT2D eigenvalue weighted by Crippen LogP contribution is 2.23. The maximum Gasteiger partial charge on any atom is 0.256 e. The first-order valence-electron chi connectivity index (χ1n) is 7.13. The SMILES string of the molecule is Clc1cc(N2CCOCC2)n2nc(-c3ccccc3)nc2n1. The van der Waals surface area contributed by atoms with Gasteiger partial charge in [-0.2, -0.15) is 14.5 Å². The Morgan fingerprint density at radius 3 is 2.59 bits per heavy atom. The molecule has 0 saturated carbocycles. The molecule has 3 aromatic rings. The molecule has 112 valence electrons. The minimum Gasteiger partial charge on any atom is -0.378 e. The Hall–Kier alpha value is -2.18. The number of morpholine rings is 1. The molecule has 22 heavy (non-hydrogen) atoms. The summed E-state index contributed by atoms with van der Waals surface area (Å²) in [4.78, 5) is 11.0. The number of ether oxygens (including phenoxy) is 1. The molecule has 6 nitrogen and oxygen atoms in total. The molecule has 0 atom stereocenters. The van der Waals surface area contributed by atoms with E-state index in [1.807, 2.05) is 36.4 Å². The lowest BCUT2D eigenvalue weighted by molar-refractivity contribution is 0.122. The molecule has 0 N–H and O–H groups in total. The van der Waals surface area contributed by atoms with Crippen LogP contribution in [0.15, 0.2) is 36.4 Å². The van der Waals surface area contributed by atoms with Crippen molar-refractivity contribution in [3.05, 3.63) is 41.6 Å². The number of hydrogen-bond acceptors (Lipinski definition) is 5. The minimum atomic E-state index is 0.418. The van der Waals surface area contributed by atoms with Gasteiger partial charge in [0.2, 0.25) is 0 Å². The molecule has 4 rings (SSSR count). The number of fused-ring (bicyclic) bond motifs is 1. The predicted molar refractivity (Wildman–Crippen MR) is 84.3 cm³/mol. The van der Waals surface area contributed by atoms with Crippen molar-refractivity contribution >= 4 is 23.2 Å². The molecular weight excluding hydrogens is 302 g/mol. The third-order valence-electron chi connectivity index (χ3n) is 3.63. The van der Waals surface area contributed by atoms with Gasteiger partial charge in [-0.15, -0.1) is 5.10 Å². The Kier molecular flexibility index (Phi) is 3.40. The van der Waals surface area contributed by atoms with Crippen molar-refractivity contribution in [2.24, 2.45) is 0 Å². The molecular formula is C15H14ClN5O. The number of nitrogens with zero attached hydrogens (tertiary/aromatic N) is 5. The zero-order valence-corrected chi connectivity index (χ0v) is 12.6. The molecule has 3 heterocycles. The van der Waals surface area contributed by atoms with Crippen molar-refractivity contribution < 1.29 is 4.74 Å². The van der Waals surface area contributed by atoms with Crippen molar-refractivity contribution in [2.75, 3.05) is 31.2 Å². The summed E-state index contributed by atoms with van der Waals surface area (Å²) in [6.45, 7) is 3.00. The Bertz CT molecular complexity index is 798. The van der Waals surface area contributed by atoms with Gasteiger partial charge in [0, 0.05) is 24.7 Å². The summed E-state index contributed by atoms with van der Waals surface area (Å²) in [5.74, 6) is 2.05. The fourth-order valence-corrected chi connectivity index (χ4v) is 2.73. The Morgan fingerprint density at radius 1 is 1.05 bits per heavy atom. The number of halogens is 1. The standard InChI is InChI=1S/C15H14ClN5O/c16-12-10-13(20-6-8-22-9-7-20)21-15(17-12)18-14(19-21)11-4-2-1-3-5-11/h1-5,10H,6-9H2. The second-order valence-electron chi connectivity index (χ2n) is 5.05. The molecule has 0 unspecified atom stereocenters. The molecule has 0 bridgehead atoms. The van der Waals surface area contributed by atoms with Crippen LogP contribution in [0.1, 0.15) is 0 Å². The largest absolute Gasteiger partial charge is 0.378 e. The first-order chi connectivity index (χ1) is 10.8. The number of aromatic nitrogens is 4. The topological polar surface area (TPSA) is 55.6 Å². The monoisotopic (exact) mass is 315 g/mol. The van der Waals surface area contributed by atoms with Crippen LogP contribution in [0.2, 0.25) is 5.15 Å². The van der Waals surface area contributed by atoms with Gasteiger partial charge in [-0.25, -0.2) is 0 Å². The Labute approximate surface area is 132 Å². The average Bonchev–Trinajstić information content (AvgIpc) is 2.99. The highest BCUT2D eigenvalue weighted by Gasteiger charge is 2.18. The molecule has 1 fully saturated rings. The van der Waals surface area contributed by atoms with Crippen LogP contribution >= 0.6 is 11.6 Å². The minimum absolute atomic E-state index is 0.418. The van der Waals surface area contributed by atoms with E-state index in [1.165, 1.54) is 0 Å². The average molecular weight is 316 g/mol. The van der Waals surface area contributed by atoms with Crippen LogP contribution < -0.4 is 4.90 Å². The van der Waals surface area contributed by atoms with Gasteiger partial charge in [0.15, 0.2) is 5.82 Å². The number of rotatable bonds is 2. The maximum atomic E-state index is 6.15. The van der Waals surface area contributed by atoms with Crippen molar-refractivity contribution in [1.82, 2.24) is 19.6 Å². The van der Waals surface area contributed by atoms with E-state index >= 15 is 0 Å². The third-order valence-corrected chi connectivity index (χ3v) is 3.82. The van der Waals surface area contributed by atoms with Crippen LogP contribution in [-0.2, 0) is 4.74 Å². The van der Waals surface area contributed by atoms with Crippen molar-refractivity contribution in [3.8, 4) is 11.4 Å². The predicted octanol–water partition coefficient (Wildman–Crippen LogP) is 2.28. The first-order valence-corrected chi connectivity index (χ1v) is 7.50. The molecule has 1 aliphatic heterocycles. The van der Waals surface area contributed by atoms with E-state index in [4.69, 9.17) is 16.3 Å². The zero-order chi connectivity index (χ0) is 14.9. The highest BCUT2D eigenvalue weighted by atomic mass is 35.5. The lowest BCUT2D eigenvalue weighted by atomic mass is 10.2. The van der Waals surface area contributed by atoms with E-state index in [0.29, 0.717) is 30.0 Å². The molecule has 0 amide bonds. The molecule has 7 heteroatoms. The first kappa shape index (κ1) is 13.5. The van der Waals surface area contributed by atoms with Crippen molar-refractivity contribution in [1.29, 1.82) is 0 Å². The van der Waals surface area contributed by atoms with Crippen LogP contribution in [0.3, 0.4) is 0 Å². The van der Waals surface area contributed by atoms with Crippen LogP contribution in [0, 0.1) is 0 Å². The lowest BCUT2D eigenvalue weighted by Crippen LogP contribution is -2.37. The van der Waals surface area contributed by atoms with Gasteiger partial charge in [0.05, 0.1) is 13.2 Å². The fourth-order valence-electron chi connectivity index (χ4n) is 2.55. The third kappa shape index (κ3) is 2.40. The number of benzene rings is 1. The Morgan fingerprint density at radius 2 is 1.82 bits per heavy atom. The summed E-state index contributed by atoms with van der Waals surface area (Å²) < 4.78 is 7.15. The fraction of sp³-hybridized carbons (Fsp3) is 0.267. The van der Waals surface area contributed by atoms with Crippen LogP contribution in [0.4, 0.5) is 5.82 Å². The maximum absolute atomic E-state index is 6.15. The summed E-state index contributed by atoms with van der Waals surface area (Å²) in [6, 6.07) is 11.7. The molecule has 1 aromatic carbocycles. The van der Waals surface area contributed by atoms with Gasteiger partial charge in [0.25, 0.3) is 5.78 Å².